The molecule has 0 spiro atoms. The first-order valence-electron chi connectivity index (χ1n) is 6.52. The Balaban J connectivity index is 1.96. The molecule has 2 N–H and O–H groups in total. The fraction of sp³-hybridized carbons (Fsp3) is 0.538. The molecule has 0 radical (unpaired) electrons. The maximum Gasteiger partial charge on any atom is 0.239 e. The number of piperazine rings is 1. The Bertz CT molecular complexity index is 446. The van der Waals surface area contributed by atoms with Gasteiger partial charge in [-0.15, -0.1) is 0 Å². The average Bonchev–Trinajstić information content (AvgIpc) is 2.46. The van der Waals surface area contributed by atoms with Gasteiger partial charge in [-0.05, 0) is 12.5 Å². The Morgan fingerprint density at radius 1 is 1.47 bits per heavy atom. The molecule has 0 bridgehead atoms. The Morgan fingerprint density at radius 2 is 2.16 bits per heavy atom. The summed E-state index contributed by atoms with van der Waals surface area (Å²) in [5.41, 5.74) is 6.76. The highest BCUT2D eigenvalue weighted by atomic mass is 35.5. The van der Waals surface area contributed by atoms with Crippen LogP contribution < -0.4 is 10.6 Å². The lowest BCUT2D eigenvalue weighted by Gasteiger charge is -2.37. The van der Waals surface area contributed by atoms with Crippen molar-refractivity contribution in [3.05, 3.63) is 23.5 Å². The minimum absolute atomic E-state index is 0.0444. The molecule has 0 unspecified atom stereocenters. The lowest BCUT2D eigenvalue weighted by Crippen LogP contribution is -2.53. The predicted molar refractivity (Wildman–Crippen MR) is 76.3 cm³/mol. The third kappa shape index (κ3) is 3.16. The number of anilines is 1. The molecule has 0 saturated carbocycles. The normalized spacial score (nSPS) is 17.4. The number of amides is 1. The van der Waals surface area contributed by atoms with E-state index in [1.807, 2.05) is 17.9 Å². The van der Waals surface area contributed by atoms with Crippen LogP contribution in [-0.2, 0) is 4.79 Å². The van der Waals surface area contributed by atoms with Crippen LogP contribution in [0.4, 0.5) is 5.69 Å². The van der Waals surface area contributed by atoms with Crippen molar-refractivity contribution in [3.63, 3.8) is 0 Å². The smallest absolute Gasteiger partial charge is 0.239 e. The molecule has 0 aromatic carbocycles. The van der Waals surface area contributed by atoms with Crippen molar-refractivity contribution in [2.75, 3.05) is 31.1 Å². The van der Waals surface area contributed by atoms with E-state index >= 15 is 0 Å². The minimum Gasteiger partial charge on any atom is -0.367 e. The number of carbonyl (C=O) groups is 1. The zero-order valence-corrected chi connectivity index (χ0v) is 11.8. The molecule has 5 nitrogen and oxygen atoms in total. The van der Waals surface area contributed by atoms with E-state index in [-0.39, 0.29) is 11.9 Å². The number of nitrogens with zero attached hydrogens (tertiary/aromatic N) is 3. The standard InChI is InChI=1S/C13H19ClN4O/c1-2-11(15)13(19)18-7-5-17(6-8-18)12-3-4-16-9-10(12)14/h3-4,9,11H,2,5-8,15H2,1H3/t11-/m0/s1. The van der Waals surface area contributed by atoms with E-state index in [0.29, 0.717) is 24.5 Å². The number of aromatic nitrogens is 1. The molecule has 2 heterocycles. The molecular formula is C13H19ClN4O. The van der Waals surface area contributed by atoms with Gasteiger partial charge in [-0.2, -0.15) is 0 Å². The van der Waals surface area contributed by atoms with E-state index in [1.54, 1.807) is 12.4 Å². The van der Waals surface area contributed by atoms with Gasteiger partial charge < -0.3 is 15.5 Å². The second-order valence-electron chi connectivity index (χ2n) is 4.65. The van der Waals surface area contributed by atoms with E-state index in [9.17, 15) is 4.79 Å². The first-order chi connectivity index (χ1) is 9.13. The number of halogens is 1. The van der Waals surface area contributed by atoms with Crippen LogP contribution in [0, 0.1) is 0 Å². The highest BCUT2D eigenvalue weighted by Gasteiger charge is 2.25. The van der Waals surface area contributed by atoms with E-state index in [2.05, 4.69) is 9.88 Å². The van der Waals surface area contributed by atoms with Gasteiger partial charge in [-0.25, -0.2) is 0 Å². The highest BCUT2D eigenvalue weighted by molar-refractivity contribution is 6.33. The number of hydrogen-bond acceptors (Lipinski definition) is 4. The second-order valence-corrected chi connectivity index (χ2v) is 5.06. The summed E-state index contributed by atoms with van der Waals surface area (Å²) in [6.07, 6.45) is 4.04. The zero-order chi connectivity index (χ0) is 13.8. The van der Waals surface area contributed by atoms with Gasteiger partial charge in [0.2, 0.25) is 5.91 Å². The lowest BCUT2D eigenvalue weighted by atomic mass is 10.2. The van der Waals surface area contributed by atoms with Crippen molar-refractivity contribution in [1.82, 2.24) is 9.88 Å². The molecule has 2 rings (SSSR count). The van der Waals surface area contributed by atoms with E-state index in [1.165, 1.54) is 0 Å². The number of carbonyl (C=O) groups excluding carboxylic acids is 1. The van der Waals surface area contributed by atoms with Crippen LogP contribution >= 0.6 is 11.6 Å². The molecule has 19 heavy (non-hydrogen) atoms. The average molecular weight is 283 g/mol. The topological polar surface area (TPSA) is 62.5 Å². The van der Waals surface area contributed by atoms with E-state index in [0.717, 1.165) is 18.8 Å². The van der Waals surface area contributed by atoms with Crippen LogP contribution in [-0.4, -0.2) is 48.0 Å². The summed E-state index contributed by atoms with van der Waals surface area (Å²) in [4.78, 5) is 20.0. The molecule has 1 aliphatic heterocycles. The second kappa shape index (κ2) is 6.21. The lowest BCUT2D eigenvalue weighted by molar-refractivity contribution is -0.132. The number of pyridine rings is 1. The van der Waals surface area contributed by atoms with Gasteiger partial charge in [0, 0.05) is 38.6 Å². The molecule has 1 aromatic rings. The van der Waals surface area contributed by atoms with Crippen LogP contribution in [0.3, 0.4) is 0 Å². The molecule has 1 atom stereocenters. The Hall–Kier alpha value is -1.33. The molecule has 6 heteroatoms. The van der Waals surface area contributed by atoms with E-state index in [4.69, 9.17) is 17.3 Å². The van der Waals surface area contributed by atoms with Crippen molar-refractivity contribution in [1.29, 1.82) is 0 Å². The van der Waals surface area contributed by atoms with Gasteiger partial charge in [0.1, 0.15) is 0 Å². The highest BCUT2D eigenvalue weighted by Crippen LogP contribution is 2.25. The quantitative estimate of drug-likeness (QED) is 0.902. The third-order valence-electron chi connectivity index (χ3n) is 3.44. The van der Waals surface area contributed by atoms with Gasteiger partial charge in [0.15, 0.2) is 0 Å². The monoisotopic (exact) mass is 282 g/mol. The summed E-state index contributed by atoms with van der Waals surface area (Å²) in [6.45, 7) is 4.84. The van der Waals surface area contributed by atoms with Crippen LogP contribution in [0.15, 0.2) is 18.5 Å². The maximum atomic E-state index is 12.0. The van der Waals surface area contributed by atoms with Gasteiger partial charge in [-0.3, -0.25) is 9.78 Å². The minimum atomic E-state index is -0.379. The summed E-state index contributed by atoms with van der Waals surface area (Å²) in [5.74, 6) is 0.0444. The maximum absolute atomic E-state index is 12.0. The van der Waals surface area contributed by atoms with Gasteiger partial charge in [0.05, 0.1) is 16.8 Å². The first kappa shape index (κ1) is 14.1. The molecule has 1 saturated heterocycles. The van der Waals surface area contributed by atoms with Crippen molar-refractivity contribution in [3.8, 4) is 0 Å². The largest absolute Gasteiger partial charge is 0.367 e. The van der Waals surface area contributed by atoms with Gasteiger partial charge in [0.25, 0.3) is 0 Å². The van der Waals surface area contributed by atoms with Gasteiger partial charge >= 0.3 is 0 Å². The molecule has 1 amide bonds. The molecule has 104 valence electrons. The zero-order valence-electron chi connectivity index (χ0n) is 11.1. The Morgan fingerprint density at radius 3 is 2.74 bits per heavy atom. The molecule has 1 aromatic heterocycles. The summed E-state index contributed by atoms with van der Waals surface area (Å²) in [6, 6.07) is 1.52. The van der Waals surface area contributed by atoms with E-state index < -0.39 is 0 Å². The van der Waals surface area contributed by atoms with Crippen LogP contribution in [0.25, 0.3) is 0 Å². The van der Waals surface area contributed by atoms with Gasteiger partial charge in [-0.1, -0.05) is 18.5 Å². The summed E-state index contributed by atoms with van der Waals surface area (Å²) < 4.78 is 0. The van der Waals surface area contributed by atoms with Crippen molar-refractivity contribution >= 4 is 23.2 Å². The fourth-order valence-corrected chi connectivity index (χ4v) is 2.44. The number of rotatable bonds is 3. The molecule has 0 aliphatic carbocycles. The number of hydrogen-bond donors (Lipinski definition) is 1. The molecular weight excluding hydrogens is 264 g/mol. The van der Waals surface area contributed by atoms with Crippen molar-refractivity contribution in [2.45, 2.75) is 19.4 Å². The molecule has 1 fully saturated rings. The first-order valence-corrected chi connectivity index (χ1v) is 6.90. The third-order valence-corrected chi connectivity index (χ3v) is 3.73. The Labute approximate surface area is 118 Å². The summed E-state index contributed by atoms with van der Waals surface area (Å²) in [7, 11) is 0. The molecule has 1 aliphatic rings. The van der Waals surface area contributed by atoms with Crippen molar-refractivity contribution in [2.24, 2.45) is 5.73 Å². The summed E-state index contributed by atoms with van der Waals surface area (Å²) in [5, 5.41) is 0.646. The van der Waals surface area contributed by atoms with Crippen molar-refractivity contribution < 1.29 is 4.79 Å². The van der Waals surface area contributed by atoms with Crippen LogP contribution in [0.1, 0.15) is 13.3 Å². The van der Waals surface area contributed by atoms with Crippen LogP contribution in [0.5, 0.6) is 0 Å². The SMILES string of the molecule is CC[C@H](N)C(=O)N1CCN(c2ccncc2Cl)CC1. The summed E-state index contributed by atoms with van der Waals surface area (Å²) >= 11 is 6.12. The van der Waals surface area contributed by atoms with Crippen LogP contribution in [0.2, 0.25) is 5.02 Å². The Kier molecular flexibility index (Phi) is 4.61. The fourth-order valence-electron chi connectivity index (χ4n) is 2.20. The number of nitrogens with two attached hydrogens (primary N) is 1. The predicted octanol–water partition coefficient (Wildman–Crippen LogP) is 1.12.